The van der Waals surface area contributed by atoms with Crippen LogP contribution in [0.1, 0.15) is 13.3 Å². The fraction of sp³-hybridized carbons (Fsp3) is 0.889. The summed E-state index contributed by atoms with van der Waals surface area (Å²) in [5.41, 5.74) is 4.29. The minimum absolute atomic E-state index is 0.0860. The van der Waals surface area contributed by atoms with Gasteiger partial charge in [-0.25, -0.2) is 8.42 Å². The van der Waals surface area contributed by atoms with Crippen LogP contribution in [-0.4, -0.2) is 61.1 Å². The van der Waals surface area contributed by atoms with Crippen molar-refractivity contribution in [3.8, 4) is 0 Å². The van der Waals surface area contributed by atoms with E-state index in [1.54, 1.807) is 4.90 Å². The van der Waals surface area contributed by atoms with Crippen LogP contribution in [0.5, 0.6) is 0 Å². The van der Waals surface area contributed by atoms with Crippen LogP contribution in [-0.2, 0) is 14.6 Å². The lowest BCUT2D eigenvalue weighted by Gasteiger charge is -2.27. The maximum atomic E-state index is 11.3. The third-order valence-electron chi connectivity index (χ3n) is 2.69. The second-order valence-electron chi connectivity index (χ2n) is 4.50. The molecule has 1 unspecified atom stereocenters. The van der Waals surface area contributed by atoms with Crippen LogP contribution < -0.4 is 5.73 Å². The molecule has 6 nitrogen and oxygen atoms in total. The Bertz CT molecular complexity index is 364. The van der Waals surface area contributed by atoms with Gasteiger partial charge in [0.15, 0.2) is 9.84 Å². The summed E-state index contributed by atoms with van der Waals surface area (Å²) in [7, 11) is -2.96. The Kier molecular flexibility index (Phi) is 3.92. The Morgan fingerprint density at radius 1 is 1.44 bits per heavy atom. The number of carbonyl (C=O) groups is 1. The summed E-state index contributed by atoms with van der Waals surface area (Å²) in [5, 5.41) is 8.87. The molecule has 0 amide bonds. The molecule has 0 bridgehead atoms. The maximum Gasteiger partial charge on any atom is 0.324 e. The Morgan fingerprint density at radius 3 is 2.62 bits per heavy atom. The van der Waals surface area contributed by atoms with Gasteiger partial charge in [-0.3, -0.25) is 9.69 Å². The minimum atomic E-state index is -2.96. The lowest BCUT2D eigenvalue weighted by Crippen LogP contribution is -2.54. The molecule has 94 valence electrons. The molecular formula is C9H18N2O4S. The van der Waals surface area contributed by atoms with Gasteiger partial charge in [0.1, 0.15) is 5.54 Å². The average molecular weight is 250 g/mol. The lowest BCUT2D eigenvalue weighted by molar-refractivity contribution is -0.143. The van der Waals surface area contributed by atoms with E-state index < -0.39 is 21.3 Å². The zero-order valence-electron chi connectivity index (χ0n) is 9.35. The molecule has 1 aliphatic rings. The van der Waals surface area contributed by atoms with Gasteiger partial charge in [-0.05, 0) is 19.9 Å². The normalized spacial score (nSPS) is 25.6. The zero-order chi connectivity index (χ0) is 12.4. The van der Waals surface area contributed by atoms with Crippen molar-refractivity contribution >= 4 is 15.8 Å². The predicted octanol–water partition coefficient (Wildman–Crippen LogP) is -1.09. The first kappa shape index (κ1) is 13.4. The van der Waals surface area contributed by atoms with Crippen molar-refractivity contribution in [2.24, 2.45) is 5.73 Å². The van der Waals surface area contributed by atoms with Gasteiger partial charge >= 0.3 is 5.97 Å². The number of sulfone groups is 1. The molecule has 0 spiro atoms. The highest BCUT2D eigenvalue weighted by atomic mass is 32.2. The smallest absolute Gasteiger partial charge is 0.324 e. The van der Waals surface area contributed by atoms with E-state index in [4.69, 9.17) is 10.8 Å². The van der Waals surface area contributed by atoms with E-state index in [1.807, 2.05) is 0 Å². The molecule has 0 aromatic carbocycles. The number of nitrogens with zero attached hydrogens (tertiary/aromatic N) is 1. The van der Waals surface area contributed by atoms with E-state index in [0.29, 0.717) is 19.5 Å². The summed E-state index contributed by atoms with van der Waals surface area (Å²) < 4.78 is 22.7. The van der Waals surface area contributed by atoms with Gasteiger partial charge in [0.2, 0.25) is 0 Å². The highest BCUT2D eigenvalue weighted by molar-refractivity contribution is 7.91. The highest BCUT2D eigenvalue weighted by Gasteiger charge is 2.31. The van der Waals surface area contributed by atoms with E-state index in [2.05, 4.69) is 0 Å². The standard InChI is InChI=1S/C9H18N2O4S/c1-9(10,8(12)13)7-11-3-2-5-16(14,15)6-4-11/h2-7,10H2,1H3,(H,12,13). The van der Waals surface area contributed by atoms with Crippen molar-refractivity contribution in [1.82, 2.24) is 4.90 Å². The van der Waals surface area contributed by atoms with E-state index in [9.17, 15) is 13.2 Å². The fourth-order valence-corrected chi connectivity index (χ4v) is 2.99. The topological polar surface area (TPSA) is 101 Å². The van der Waals surface area contributed by atoms with Crippen LogP contribution >= 0.6 is 0 Å². The van der Waals surface area contributed by atoms with E-state index in [0.717, 1.165) is 0 Å². The predicted molar refractivity (Wildman–Crippen MR) is 59.9 cm³/mol. The number of carboxylic acids is 1. The van der Waals surface area contributed by atoms with Gasteiger partial charge < -0.3 is 10.8 Å². The van der Waals surface area contributed by atoms with Crippen molar-refractivity contribution in [1.29, 1.82) is 0 Å². The van der Waals surface area contributed by atoms with Crippen LogP contribution in [0.3, 0.4) is 0 Å². The largest absolute Gasteiger partial charge is 0.480 e. The Hall–Kier alpha value is -0.660. The maximum absolute atomic E-state index is 11.3. The SMILES string of the molecule is CC(N)(CN1CCCS(=O)(=O)CC1)C(=O)O. The number of aliphatic carboxylic acids is 1. The molecule has 1 aliphatic heterocycles. The molecule has 16 heavy (non-hydrogen) atoms. The summed E-state index contributed by atoms with van der Waals surface area (Å²) >= 11 is 0. The molecule has 0 aromatic heterocycles. The number of hydrogen-bond acceptors (Lipinski definition) is 5. The van der Waals surface area contributed by atoms with Crippen molar-refractivity contribution in [3.63, 3.8) is 0 Å². The molecule has 0 aliphatic carbocycles. The molecule has 0 aromatic rings. The molecule has 1 saturated heterocycles. The number of hydrogen-bond donors (Lipinski definition) is 2. The second-order valence-corrected chi connectivity index (χ2v) is 6.81. The molecular weight excluding hydrogens is 232 g/mol. The molecule has 0 radical (unpaired) electrons. The van der Waals surface area contributed by atoms with Gasteiger partial charge in [-0.1, -0.05) is 0 Å². The molecule has 3 N–H and O–H groups in total. The minimum Gasteiger partial charge on any atom is -0.480 e. The van der Waals surface area contributed by atoms with Crippen molar-refractivity contribution < 1.29 is 18.3 Å². The molecule has 1 rings (SSSR count). The Balaban J connectivity index is 2.60. The zero-order valence-corrected chi connectivity index (χ0v) is 10.2. The first-order chi connectivity index (χ1) is 7.23. The van der Waals surface area contributed by atoms with Crippen LogP contribution in [0.2, 0.25) is 0 Å². The molecule has 1 heterocycles. The van der Waals surface area contributed by atoms with Gasteiger partial charge in [-0.2, -0.15) is 0 Å². The summed E-state index contributed by atoms with van der Waals surface area (Å²) in [6.07, 6.45) is 0.540. The van der Waals surface area contributed by atoms with Crippen molar-refractivity contribution in [3.05, 3.63) is 0 Å². The van der Waals surface area contributed by atoms with E-state index >= 15 is 0 Å². The van der Waals surface area contributed by atoms with Crippen LogP contribution in [0.15, 0.2) is 0 Å². The van der Waals surface area contributed by atoms with Crippen molar-refractivity contribution in [2.45, 2.75) is 18.9 Å². The fourth-order valence-electron chi connectivity index (χ4n) is 1.68. The van der Waals surface area contributed by atoms with Gasteiger partial charge in [-0.15, -0.1) is 0 Å². The molecule has 1 atom stereocenters. The lowest BCUT2D eigenvalue weighted by atomic mass is 10.0. The third kappa shape index (κ3) is 3.73. The van der Waals surface area contributed by atoms with Gasteiger partial charge in [0, 0.05) is 13.1 Å². The summed E-state index contributed by atoms with van der Waals surface area (Å²) in [4.78, 5) is 12.6. The summed E-state index contributed by atoms with van der Waals surface area (Å²) in [6, 6.07) is 0. The van der Waals surface area contributed by atoms with E-state index in [1.165, 1.54) is 6.92 Å². The average Bonchev–Trinajstić information content (AvgIpc) is 2.27. The van der Waals surface area contributed by atoms with Crippen LogP contribution in [0.25, 0.3) is 0 Å². The monoisotopic (exact) mass is 250 g/mol. The Morgan fingerprint density at radius 2 is 2.06 bits per heavy atom. The highest BCUT2D eigenvalue weighted by Crippen LogP contribution is 2.09. The molecule has 1 fully saturated rings. The first-order valence-electron chi connectivity index (χ1n) is 5.18. The van der Waals surface area contributed by atoms with Crippen LogP contribution in [0, 0.1) is 0 Å². The number of carboxylic acid groups (broad SMARTS) is 1. The third-order valence-corrected chi connectivity index (χ3v) is 4.40. The van der Waals surface area contributed by atoms with Gasteiger partial charge in [0.05, 0.1) is 11.5 Å². The van der Waals surface area contributed by atoms with Crippen LogP contribution in [0.4, 0.5) is 0 Å². The summed E-state index contributed by atoms with van der Waals surface area (Å²) in [6.45, 7) is 2.56. The quantitative estimate of drug-likeness (QED) is 0.660. The molecule has 7 heteroatoms. The Labute approximate surface area is 95.3 Å². The summed E-state index contributed by atoms with van der Waals surface area (Å²) in [5.74, 6) is -0.805. The van der Waals surface area contributed by atoms with Gasteiger partial charge in [0.25, 0.3) is 0 Å². The van der Waals surface area contributed by atoms with E-state index in [-0.39, 0.29) is 18.1 Å². The number of nitrogens with two attached hydrogens (primary N) is 1. The number of rotatable bonds is 3. The van der Waals surface area contributed by atoms with Crippen molar-refractivity contribution in [2.75, 3.05) is 31.1 Å². The second kappa shape index (κ2) is 4.68. The molecule has 0 saturated carbocycles. The first-order valence-corrected chi connectivity index (χ1v) is 7.00.